The second-order valence-corrected chi connectivity index (χ2v) is 4.92. The molecule has 1 rings (SSSR count). The Morgan fingerprint density at radius 1 is 1.41 bits per heavy atom. The molecular formula is C14H25N3. The third-order valence-electron chi connectivity index (χ3n) is 3.13. The smallest absolute Gasteiger partial charge is 0.0377 e. The van der Waals surface area contributed by atoms with Crippen LogP contribution in [-0.2, 0) is 6.42 Å². The molecule has 3 heteroatoms. The van der Waals surface area contributed by atoms with Gasteiger partial charge in [0.2, 0.25) is 0 Å². The second-order valence-electron chi connectivity index (χ2n) is 4.92. The quantitative estimate of drug-likeness (QED) is 0.764. The number of nitrogen functional groups attached to an aromatic ring is 1. The van der Waals surface area contributed by atoms with Crippen LogP contribution >= 0.6 is 0 Å². The van der Waals surface area contributed by atoms with E-state index in [0.29, 0.717) is 12.0 Å². The average molecular weight is 235 g/mol. The molecule has 1 aromatic rings. The van der Waals surface area contributed by atoms with Crippen molar-refractivity contribution in [2.75, 3.05) is 12.3 Å². The van der Waals surface area contributed by atoms with Crippen molar-refractivity contribution in [1.29, 1.82) is 0 Å². The lowest BCUT2D eigenvalue weighted by Gasteiger charge is -2.22. The highest BCUT2D eigenvalue weighted by Gasteiger charge is 2.12. The van der Waals surface area contributed by atoms with Gasteiger partial charge in [0.25, 0.3) is 0 Å². The van der Waals surface area contributed by atoms with Gasteiger partial charge in [-0.3, -0.25) is 4.98 Å². The van der Waals surface area contributed by atoms with Crippen molar-refractivity contribution >= 4 is 5.69 Å². The summed E-state index contributed by atoms with van der Waals surface area (Å²) in [4.78, 5) is 4.13. The first-order valence-electron chi connectivity index (χ1n) is 6.56. The van der Waals surface area contributed by atoms with Crippen LogP contribution in [0.5, 0.6) is 0 Å². The van der Waals surface area contributed by atoms with Crippen molar-refractivity contribution in [3.05, 3.63) is 24.0 Å². The Balaban J connectivity index is 2.49. The number of rotatable bonds is 7. The van der Waals surface area contributed by atoms with E-state index in [2.05, 4.69) is 31.1 Å². The average Bonchev–Trinajstić information content (AvgIpc) is 2.31. The third kappa shape index (κ3) is 4.73. The monoisotopic (exact) mass is 235 g/mol. The van der Waals surface area contributed by atoms with E-state index in [9.17, 15) is 0 Å². The molecule has 17 heavy (non-hydrogen) atoms. The molecule has 0 amide bonds. The van der Waals surface area contributed by atoms with Gasteiger partial charge in [0.15, 0.2) is 0 Å². The van der Waals surface area contributed by atoms with Crippen molar-refractivity contribution in [2.45, 2.75) is 46.1 Å². The van der Waals surface area contributed by atoms with Crippen LogP contribution in [0.15, 0.2) is 18.5 Å². The molecule has 0 aliphatic carbocycles. The maximum absolute atomic E-state index is 5.92. The molecular weight excluding hydrogens is 210 g/mol. The summed E-state index contributed by atoms with van der Waals surface area (Å²) in [5, 5.41) is 3.60. The molecule has 3 nitrogen and oxygen atoms in total. The van der Waals surface area contributed by atoms with Gasteiger partial charge in [-0.05, 0) is 43.4 Å². The van der Waals surface area contributed by atoms with Gasteiger partial charge in [-0.15, -0.1) is 0 Å². The van der Waals surface area contributed by atoms with Crippen molar-refractivity contribution in [3.8, 4) is 0 Å². The number of anilines is 1. The van der Waals surface area contributed by atoms with Crippen molar-refractivity contribution < 1.29 is 0 Å². The van der Waals surface area contributed by atoms with Crippen molar-refractivity contribution in [3.63, 3.8) is 0 Å². The Labute approximate surface area is 105 Å². The number of aryl methyl sites for hydroxylation is 1. The zero-order valence-corrected chi connectivity index (χ0v) is 11.2. The van der Waals surface area contributed by atoms with Crippen LogP contribution in [0.1, 0.15) is 39.2 Å². The third-order valence-corrected chi connectivity index (χ3v) is 3.13. The van der Waals surface area contributed by atoms with Crippen LogP contribution in [-0.4, -0.2) is 17.6 Å². The summed E-state index contributed by atoms with van der Waals surface area (Å²) in [6.07, 6.45) is 6.92. The first-order valence-corrected chi connectivity index (χ1v) is 6.56. The lowest BCUT2D eigenvalue weighted by molar-refractivity contribution is 0.378. The number of nitrogens with zero attached hydrogens (tertiary/aromatic N) is 1. The Hall–Kier alpha value is -1.09. The summed E-state index contributed by atoms with van der Waals surface area (Å²) in [5.74, 6) is 0.652. The predicted molar refractivity (Wildman–Crippen MR) is 73.9 cm³/mol. The fraction of sp³-hybridized carbons (Fsp3) is 0.643. The zero-order valence-electron chi connectivity index (χ0n) is 11.2. The Kier molecular flexibility index (Phi) is 5.98. The van der Waals surface area contributed by atoms with Crippen LogP contribution in [0.3, 0.4) is 0 Å². The van der Waals surface area contributed by atoms with E-state index < -0.39 is 0 Å². The standard InChI is InChI=1S/C14H25N3/c1-4-8-17-14(11(2)3)6-5-12-10-16-9-7-13(12)15/h7,9-11,14,17H,4-6,8H2,1-3H3,(H2,15,16). The molecule has 1 aromatic heterocycles. The van der Waals surface area contributed by atoms with Gasteiger partial charge >= 0.3 is 0 Å². The minimum atomic E-state index is 0.564. The minimum absolute atomic E-state index is 0.564. The van der Waals surface area contributed by atoms with Crippen LogP contribution < -0.4 is 11.1 Å². The molecule has 0 aliphatic rings. The fourth-order valence-corrected chi connectivity index (χ4v) is 1.96. The first kappa shape index (κ1) is 14.0. The largest absolute Gasteiger partial charge is 0.398 e. The van der Waals surface area contributed by atoms with Crippen molar-refractivity contribution in [1.82, 2.24) is 10.3 Å². The molecule has 0 aliphatic heterocycles. The summed E-state index contributed by atoms with van der Waals surface area (Å²) in [6.45, 7) is 7.81. The number of hydrogen-bond donors (Lipinski definition) is 2. The number of nitrogens with one attached hydrogen (secondary N) is 1. The lowest BCUT2D eigenvalue weighted by Crippen LogP contribution is -2.34. The van der Waals surface area contributed by atoms with E-state index in [-0.39, 0.29) is 0 Å². The Morgan fingerprint density at radius 2 is 2.18 bits per heavy atom. The number of hydrogen-bond acceptors (Lipinski definition) is 3. The maximum Gasteiger partial charge on any atom is 0.0377 e. The molecule has 1 heterocycles. The van der Waals surface area contributed by atoms with E-state index in [1.54, 1.807) is 6.20 Å². The molecule has 0 aromatic carbocycles. The summed E-state index contributed by atoms with van der Waals surface area (Å²) in [5.41, 5.74) is 7.95. The SMILES string of the molecule is CCCNC(CCc1cnccc1N)C(C)C. The number of pyridine rings is 1. The van der Waals surface area contributed by atoms with E-state index >= 15 is 0 Å². The van der Waals surface area contributed by atoms with Crippen molar-refractivity contribution in [2.24, 2.45) is 5.92 Å². The summed E-state index contributed by atoms with van der Waals surface area (Å²) in [6, 6.07) is 2.44. The molecule has 0 spiro atoms. The molecule has 0 saturated carbocycles. The van der Waals surface area contributed by atoms with Gasteiger partial charge in [0.1, 0.15) is 0 Å². The predicted octanol–water partition coefficient (Wildman–Crippen LogP) is 2.62. The maximum atomic E-state index is 5.92. The van der Waals surface area contributed by atoms with Gasteiger partial charge in [-0.1, -0.05) is 20.8 Å². The van der Waals surface area contributed by atoms with Gasteiger partial charge in [-0.2, -0.15) is 0 Å². The first-order chi connectivity index (χ1) is 8.15. The van der Waals surface area contributed by atoms with Gasteiger partial charge < -0.3 is 11.1 Å². The topological polar surface area (TPSA) is 50.9 Å². The van der Waals surface area contributed by atoms with Gasteiger partial charge in [0, 0.05) is 24.1 Å². The number of nitrogens with two attached hydrogens (primary N) is 1. The molecule has 0 radical (unpaired) electrons. The van der Waals surface area contributed by atoms with Gasteiger partial charge in [-0.25, -0.2) is 0 Å². The molecule has 3 N–H and O–H groups in total. The minimum Gasteiger partial charge on any atom is -0.398 e. The Bertz CT molecular complexity index is 323. The molecule has 96 valence electrons. The molecule has 0 fully saturated rings. The van der Waals surface area contributed by atoms with Gasteiger partial charge in [0.05, 0.1) is 0 Å². The summed E-state index contributed by atoms with van der Waals surface area (Å²) < 4.78 is 0. The number of aromatic nitrogens is 1. The molecule has 1 unspecified atom stereocenters. The summed E-state index contributed by atoms with van der Waals surface area (Å²) in [7, 11) is 0. The highest BCUT2D eigenvalue weighted by molar-refractivity contribution is 5.44. The Morgan fingerprint density at radius 3 is 2.76 bits per heavy atom. The van der Waals surface area contributed by atoms with E-state index in [1.807, 2.05) is 12.3 Å². The normalized spacial score (nSPS) is 12.9. The zero-order chi connectivity index (χ0) is 12.7. The lowest BCUT2D eigenvalue weighted by atomic mass is 9.96. The van der Waals surface area contributed by atoms with Crippen LogP contribution in [0.4, 0.5) is 5.69 Å². The fourth-order valence-electron chi connectivity index (χ4n) is 1.96. The molecule has 0 saturated heterocycles. The van der Waals surface area contributed by atoms with Crippen LogP contribution in [0.2, 0.25) is 0 Å². The highest BCUT2D eigenvalue weighted by Crippen LogP contribution is 2.15. The van der Waals surface area contributed by atoms with Crippen LogP contribution in [0.25, 0.3) is 0 Å². The molecule has 1 atom stereocenters. The highest BCUT2D eigenvalue weighted by atomic mass is 14.9. The summed E-state index contributed by atoms with van der Waals surface area (Å²) >= 11 is 0. The van der Waals surface area contributed by atoms with Crippen LogP contribution in [0, 0.1) is 5.92 Å². The van der Waals surface area contributed by atoms with E-state index in [0.717, 1.165) is 30.6 Å². The van der Waals surface area contributed by atoms with E-state index in [1.165, 1.54) is 6.42 Å². The second kappa shape index (κ2) is 7.28. The molecule has 0 bridgehead atoms. The van der Waals surface area contributed by atoms with E-state index in [4.69, 9.17) is 5.73 Å².